The number of nitrogens with zero attached hydrogens (tertiary/aromatic N) is 3. The van der Waals surface area contributed by atoms with Crippen LogP contribution >= 0.6 is 0 Å². The Kier molecular flexibility index (Phi) is 4.34. The van der Waals surface area contributed by atoms with Gasteiger partial charge in [-0.3, -0.25) is 4.98 Å². The van der Waals surface area contributed by atoms with Crippen molar-refractivity contribution in [3.05, 3.63) is 42.2 Å². The lowest BCUT2D eigenvalue weighted by atomic mass is 10.2. The first kappa shape index (κ1) is 13.3. The first-order valence-corrected chi connectivity index (χ1v) is 6.64. The van der Waals surface area contributed by atoms with Crippen molar-refractivity contribution >= 4 is 17.3 Å². The Balaban J connectivity index is 2.30. The second-order valence-electron chi connectivity index (χ2n) is 4.37. The van der Waals surface area contributed by atoms with Crippen LogP contribution in [0.3, 0.4) is 0 Å². The highest BCUT2D eigenvalue weighted by atomic mass is 15.2. The molecule has 0 saturated heterocycles. The van der Waals surface area contributed by atoms with Gasteiger partial charge in [0.1, 0.15) is 5.82 Å². The van der Waals surface area contributed by atoms with Gasteiger partial charge in [0.25, 0.3) is 0 Å². The van der Waals surface area contributed by atoms with Crippen molar-refractivity contribution in [2.75, 3.05) is 23.3 Å². The van der Waals surface area contributed by atoms with Gasteiger partial charge in [-0.25, -0.2) is 4.98 Å². The van der Waals surface area contributed by atoms with Gasteiger partial charge in [0.15, 0.2) is 5.82 Å². The van der Waals surface area contributed by atoms with Crippen molar-refractivity contribution in [2.24, 2.45) is 0 Å². The lowest BCUT2D eigenvalue weighted by molar-refractivity contribution is 0.972. The van der Waals surface area contributed by atoms with Crippen molar-refractivity contribution in [1.82, 2.24) is 9.97 Å². The molecule has 4 nitrogen and oxygen atoms in total. The summed E-state index contributed by atoms with van der Waals surface area (Å²) in [4.78, 5) is 11.0. The molecular weight excluding hydrogens is 236 g/mol. The maximum atomic E-state index is 4.58. The lowest BCUT2D eigenvalue weighted by Gasteiger charge is -2.22. The molecule has 2 rings (SSSR count). The summed E-state index contributed by atoms with van der Waals surface area (Å²) in [6, 6.07) is 8.44. The summed E-state index contributed by atoms with van der Waals surface area (Å²) in [6.07, 6.45) is 3.54. The summed E-state index contributed by atoms with van der Waals surface area (Å²) in [7, 11) is 0. The van der Waals surface area contributed by atoms with E-state index in [9.17, 15) is 0 Å². The number of rotatable bonds is 5. The molecule has 0 bridgehead atoms. The van der Waals surface area contributed by atoms with Crippen molar-refractivity contribution in [2.45, 2.75) is 20.8 Å². The molecule has 100 valence electrons. The molecule has 0 saturated carbocycles. The second kappa shape index (κ2) is 6.18. The Labute approximate surface area is 114 Å². The number of benzene rings is 1. The fourth-order valence-electron chi connectivity index (χ4n) is 1.95. The van der Waals surface area contributed by atoms with E-state index in [1.54, 1.807) is 12.4 Å². The van der Waals surface area contributed by atoms with Crippen LogP contribution in [0, 0.1) is 6.92 Å². The van der Waals surface area contributed by atoms with Crippen LogP contribution in [-0.4, -0.2) is 23.1 Å². The van der Waals surface area contributed by atoms with Gasteiger partial charge < -0.3 is 10.2 Å². The van der Waals surface area contributed by atoms with E-state index in [1.807, 2.05) is 6.92 Å². The van der Waals surface area contributed by atoms with E-state index in [1.165, 1.54) is 5.56 Å². The number of aryl methyl sites for hydroxylation is 1. The van der Waals surface area contributed by atoms with Gasteiger partial charge in [-0.1, -0.05) is 17.7 Å². The molecule has 0 aliphatic heterocycles. The highest BCUT2D eigenvalue weighted by Gasteiger charge is 2.09. The second-order valence-corrected chi connectivity index (χ2v) is 4.37. The van der Waals surface area contributed by atoms with Crippen LogP contribution in [-0.2, 0) is 0 Å². The van der Waals surface area contributed by atoms with Crippen LogP contribution in [0.1, 0.15) is 19.4 Å². The highest BCUT2D eigenvalue weighted by molar-refractivity contribution is 5.60. The van der Waals surface area contributed by atoms with Gasteiger partial charge in [0.2, 0.25) is 0 Å². The Morgan fingerprint density at radius 1 is 1.11 bits per heavy atom. The molecule has 1 heterocycles. The fourth-order valence-corrected chi connectivity index (χ4v) is 1.95. The number of anilines is 3. The Hall–Kier alpha value is -2.10. The minimum absolute atomic E-state index is 0.811. The normalized spacial score (nSPS) is 10.3. The van der Waals surface area contributed by atoms with Crippen LogP contribution < -0.4 is 10.2 Å². The third kappa shape index (κ3) is 3.22. The fraction of sp³-hybridized carbons (Fsp3) is 0.333. The topological polar surface area (TPSA) is 41.1 Å². The minimum atomic E-state index is 0.811. The number of nitrogens with one attached hydrogen (secondary N) is 1. The van der Waals surface area contributed by atoms with E-state index in [-0.39, 0.29) is 0 Å². The van der Waals surface area contributed by atoms with E-state index in [2.05, 4.69) is 58.3 Å². The first-order valence-electron chi connectivity index (χ1n) is 6.64. The summed E-state index contributed by atoms with van der Waals surface area (Å²) in [5, 5.41) is 3.19. The third-order valence-electron chi connectivity index (χ3n) is 2.92. The molecule has 1 aromatic heterocycles. The average molecular weight is 256 g/mol. The summed E-state index contributed by atoms with van der Waals surface area (Å²) in [6.45, 7) is 7.95. The van der Waals surface area contributed by atoms with E-state index in [0.29, 0.717) is 0 Å². The SMILES string of the molecule is CCNc1cncc(N(CC)c2ccc(C)cc2)n1. The van der Waals surface area contributed by atoms with E-state index < -0.39 is 0 Å². The van der Waals surface area contributed by atoms with Crippen molar-refractivity contribution in [1.29, 1.82) is 0 Å². The van der Waals surface area contributed by atoms with Gasteiger partial charge in [0, 0.05) is 18.8 Å². The zero-order valence-electron chi connectivity index (χ0n) is 11.7. The van der Waals surface area contributed by atoms with Crippen LogP contribution in [0.25, 0.3) is 0 Å². The van der Waals surface area contributed by atoms with Crippen molar-refractivity contribution in [3.63, 3.8) is 0 Å². The van der Waals surface area contributed by atoms with Gasteiger partial charge in [-0.05, 0) is 32.9 Å². The van der Waals surface area contributed by atoms with E-state index >= 15 is 0 Å². The maximum absolute atomic E-state index is 4.58. The number of hydrogen-bond donors (Lipinski definition) is 1. The van der Waals surface area contributed by atoms with Crippen molar-refractivity contribution < 1.29 is 0 Å². The van der Waals surface area contributed by atoms with Crippen LogP contribution in [0.4, 0.5) is 17.3 Å². The molecule has 0 unspecified atom stereocenters. The molecule has 4 heteroatoms. The van der Waals surface area contributed by atoms with E-state index in [4.69, 9.17) is 0 Å². The number of aromatic nitrogens is 2. The molecule has 0 atom stereocenters. The van der Waals surface area contributed by atoms with Gasteiger partial charge in [-0.15, -0.1) is 0 Å². The third-order valence-corrected chi connectivity index (χ3v) is 2.92. The monoisotopic (exact) mass is 256 g/mol. The van der Waals surface area contributed by atoms with Gasteiger partial charge >= 0.3 is 0 Å². The van der Waals surface area contributed by atoms with Gasteiger partial charge in [-0.2, -0.15) is 0 Å². The molecule has 19 heavy (non-hydrogen) atoms. The first-order chi connectivity index (χ1) is 9.24. The standard InChI is InChI=1S/C15H20N4/c1-4-17-14-10-16-11-15(18-14)19(5-2)13-8-6-12(3)7-9-13/h6-11H,4-5H2,1-3H3,(H,17,18). The lowest BCUT2D eigenvalue weighted by Crippen LogP contribution is -2.18. The predicted octanol–water partition coefficient (Wildman–Crippen LogP) is 3.37. The summed E-state index contributed by atoms with van der Waals surface area (Å²) >= 11 is 0. The van der Waals surface area contributed by atoms with Crippen LogP contribution in [0.2, 0.25) is 0 Å². The van der Waals surface area contributed by atoms with Crippen LogP contribution in [0.15, 0.2) is 36.7 Å². The zero-order valence-corrected chi connectivity index (χ0v) is 11.7. The summed E-state index contributed by atoms with van der Waals surface area (Å²) in [5.41, 5.74) is 2.39. The van der Waals surface area contributed by atoms with Crippen molar-refractivity contribution in [3.8, 4) is 0 Å². The zero-order chi connectivity index (χ0) is 13.7. The Bertz CT molecular complexity index is 522. The number of hydrogen-bond acceptors (Lipinski definition) is 4. The molecule has 1 aromatic carbocycles. The van der Waals surface area contributed by atoms with Gasteiger partial charge in [0.05, 0.1) is 12.4 Å². The smallest absolute Gasteiger partial charge is 0.153 e. The molecule has 0 aliphatic carbocycles. The molecule has 0 aliphatic rings. The molecule has 0 fully saturated rings. The summed E-state index contributed by atoms with van der Waals surface area (Å²) in [5.74, 6) is 1.68. The quantitative estimate of drug-likeness (QED) is 0.890. The molecule has 0 radical (unpaired) electrons. The minimum Gasteiger partial charge on any atom is -0.369 e. The molecule has 2 aromatic rings. The largest absolute Gasteiger partial charge is 0.369 e. The maximum Gasteiger partial charge on any atom is 0.153 e. The molecule has 1 N–H and O–H groups in total. The Morgan fingerprint density at radius 2 is 1.84 bits per heavy atom. The average Bonchev–Trinajstić information content (AvgIpc) is 2.43. The molecule has 0 spiro atoms. The predicted molar refractivity (Wildman–Crippen MR) is 80.1 cm³/mol. The summed E-state index contributed by atoms with van der Waals surface area (Å²) < 4.78 is 0. The van der Waals surface area contributed by atoms with E-state index in [0.717, 1.165) is 30.4 Å². The highest BCUT2D eigenvalue weighted by Crippen LogP contribution is 2.23. The van der Waals surface area contributed by atoms with Crippen LogP contribution in [0.5, 0.6) is 0 Å². The molecule has 0 amide bonds. The Morgan fingerprint density at radius 3 is 2.47 bits per heavy atom. The molecular formula is C15H20N4.